The van der Waals surface area contributed by atoms with Crippen LogP contribution in [0.25, 0.3) is 0 Å². The summed E-state index contributed by atoms with van der Waals surface area (Å²) in [6, 6.07) is 0.470. The average Bonchev–Trinajstić information content (AvgIpc) is 3.07. The van der Waals surface area contributed by atoms with Gasteiger partial charge in [0, 0.05) is 18.5 Å². The maximum atomic E-state index is 11.8. The van der Waals surface area contributed by atoms with Crippen molar-refractivity contribution in [1.29, 1.82) is 0 Å². The molecule has 2 nitrogen and oxygen atoms in total. The van der Waals surface area contributed by atoms with Crippen molar-refractivity contribution in [2.24, 2.45) is 11.8 Å². The molecule has 0 aromatic rings. The standard InChI is InChI=1S/C15H23NO/c1-3-4-5-6-7-8-9-10-16-12(2)13-11-14(13)15(16)17/h4-5,8-9,12-14H,3,6-7,10-11H2,1-2H3/b5-4-,9-8+. The number of fused-ring (bicyclic) bond motifs is 1. The zero-order valence-corrected chi connectivity index (χ0v) is 10.9. The van der Waals surface area contributed by atoms with E-state index in [9.17, 15) is 4.79 Å². The molecule has 2 aliphatic rings. The van der Waals surface area contributed by atoms with Crippen LogP contribution in [0, 0.1) is 11.8 Å². The van der Waals surface area contributed by atoms with Crippen molar-refractivity contribution >= 4 is 5.91 Å². The van der Waals surface area contributed by atoms with Gasteiger partial charge in [0.05, 0.1) is 0 Å². The highest BCUT2D eigenvalue weighted by molar-refractivity contribution is 5.85. The monoisotopic (exact) mass is 233 g/mol. The number of hydrogen-bond acceptors (Lipinski definition) is 1. The van der Waals surface area contributed by atoms with Gasteiger partial charge < -0.3 is 4.90 Å². The van der Waals surface area contributed by atoms with Crippen molar-refractivity contribution < 1.29 is 4.79 Å². The van der Waals surface area contributed by atoms with Gasteiger partial charge >= 0.3 is 0 Å². The highest BCUT2D eigenvalue weighted by Gasteiger charge is 2.56. The Kier molecular flexibility index (Phi) is 4.03. The molecule has 1 amide bonds. The van der Waals surface area contributed by atoms with Gasteiger partial charge in [0.1, 0.15) is 0 Å². The number of amides is 1. The molecule has 2 fully saturated rings. The Balaban J connectivity index is 1.66. The second-order valence-corrected chi connectivity index (χ2v) is 5.17. The van der Waals surface area contributed by atoms with Crippen molar-refractivity contribution in [3.8, 4) is 0 Å². The van der Waals surface area contributed by atoms with E-state index in [-0.39, 0.29) is 0 Å². The van der Waals surface area contributed by atoms with Crippen molar-refractivity contribution in [2.45, 2.75) is 45.6 Å². The summed E-state index contributed by atoms with van der Waals surface area (Å²) in [5.41, 5.74) is 0. The molecule has 3 unspecified atom stereocenters. The van der Waals surface area contributed by atoms with Crippen molar-refractivity contribution in [1.82, 2.24) is 4.90 Å². The Hall–Kier alpha value is -1.05. The lowest BCUT2D eigenvalue weighted by molar-refractivity contribution is -0.130. The summed E-state index contributed by atoms with van der Waals surface area (Å²) >= 11 is 0. The topological polar surface area (TPSA) is 20.3 Å². The van der Waals surface area contributed by atoms with Crippen LogP contribution in [0.1, 0.15) is 39.5 Å². The second-order valence-electron chi connectivity index (χ2n) is 5.17. The number of carbonyl (C=O) groups is 1. The third-order valence-electron chi connectivity index (χ3n) is 3.92. The summed E-state index contributed by atoms with van der Waals surface area (Å²) in [6.45, 7) is 5.15. The maximum Gasteiger partial charge on any atom is 0.226 e. The number of allylic oxidation sites excluding steroid dienone is 3. The molecule has 2 rings (SSSR count). The number of likely N-dealkylation sites (tertiary alicyclic amines) is 1. The number of carbonyl (C=O) groups excluding carboxylic acids is 1. The Bertz CT molecular complexity index is 332. The summed E-state index contributed by atoms with van der Waals surface area (Å²) in [7, 11) is 0. The van der Waals surface area contributed by atoms with Crippen molar-refractivity contribution in [3.05, 3.63) is 24.3 Å². The molecular weight excluding hydrogens is 210 g/mol. The lowest BCUT2D eigenvalue weighted by atomic mass is 10.2. The van der Waals surface area contributed by atoms with Crippen molar-refractivity contribution in [3.63, 3.8) is 0 Å². The van der Waals surface area contributed by atoms with Gasteiger partial charge in [-0.2, -0.15) is 0 Å². The molecule has 0 radical (unpaired) electrons. The number of unbranched alkanes of at least 4 members (excludes halogenated alkanes) is 1. The van der Waals surface area contributed by atoms with E-state index in [1.165, 1.54) is 0 Å². The summed E-state index contributed by atoms with van der Waals surface area (Å²) in [5, 5.41) is 0. The number of nitrogens with zero attached hydrogens (tertiary/aromatic N) is 1. The van der Waals surface area contributed by atoms with Crippen LogP contribution >= 0.6 is 0 Å². The Morgan fingerprint density at radius 3 is 2.53 bits per heavy atom. The van der Waals surface area contributed by atoms with E-state index in [0.29, 0.717) is 23.8 Å². The first-order chi connectivity index (χ1) is 8.25. The number of piperidine rings is 1. The van der Waals surface area contributed by atoms with Gasteiger partial charge in [0.15, 0.2) is 0 Å². The van der Waals surface area contributed by atoms with E-state index in [0.717, 1.165) is 32.2 Å². The SMILES string of the molecule is CC/C=C\CC/C=C/CN1C(=O)C2CC2C1C. The van der Waals surface area contributed by atoms with Crippen LogP contribution in [-0.2, 0) is 4.79 Å². The zero-order valence-electron chi connectivity index (χ0n) is 10.9. The van der Waals surface area contributed by atoms with E-state index >= 15 is 0 Å². The molecule has 2 heteroatoms. The minimum absolute atomic E-state index is 0.380. The first kappa shape index (κ1) is 12.4. The van der Waals surface area contributed by atoms with Crippen molar-refractivity contribution in [2.75, 3.05) is 6.54 Å². The maximum absolute atomic E-state index is 11.8. The minimum atomic E-state index is 0.380. The molecule has 1 heterocycles. The average molecular weight is 233 g/mol. The molecule has 0 aromatic carbocycles. The quantitative estimate of drug-likeness (QED) is 0.510. The lowest BCUT2D eigenvalue weighted by Crippen LogP contribution is -2.34. The van der Waals surface area contributed by atoms with E-state index in [2.05, 4.69) is 38.2 Å². The van der Waals surface area contributed by atoms with Gasteiger partial charge in [-0.15, -0.1) is 0 Å². The molecule has 1 aliphatic carbocycles. The largest absolute Gasteiger partial charge is 0.336 e. The third kappa shape index (κ3) is 2.80. The number of rotatable bonds is 6. The van der Waals surface area contributed by atoms with Gasteiger partial charge in [-0.05, 0) is 38.5 Å². The molecule has 0 aromatic heterocycles. The van der Waals surface area contributed by atoms with Gasteiger partial charge in [-0.25, -0.2) is 0 Å². The summed E-state index contributed by atoms with van der Waals surface area (Å²) in [4.78, 5) is 13.9. The fourth-order valence-electron chi connectivity index (χ4n) is 2.72. The van der Waals surface area contributed by atoms with Gasteiger partial charge in [0.25, 0.3) is 0 Å². The smallest absolute Gasteiger partial charge is 0.226 e. The normalized spacial score (nSPS) is 31.8. The molecule has 17 heavy (non-hydrogen) atoms. The molecule has 1 saturated carbocycles. The zero-order chi connectivity index (χ0) is 12.3. The van der Waals surface area contributed by atoms with E-state index in [1.54, 1.807) is 0 Å². The molecule has 94 valence electrons. The second kappa shape index (κ2) is 5.52. The Labute approximate surface area is 104 Å². The van der Waals surface area contributed by atoms with Crippen LogP contribution in [0.3, 0.4) is 0 Å². The highest BCUT2D eigenvalue weighted by Crippen LogP contribution is 2.50. The summed E-state index contributed by atoms with van der Waals surface area (Å²) in [6.07, 6.45) is 13.2. The van der Waals surface area contributed by atoms with Crippen LogP contribution in [0.4, 0.5) is 0 Å². The van der Waals surface area contributed by atoms with E-state index in [4.69, 9.17) is 0 Å². The number of hydrogen-bond donors (Lipinski definition) is 0. The molecule has 0 N–H and O–H groups in total. The Morgan fingerprint density at radius 2 is 1.94 bits per heavy atom. The predicted molar refractivity (Wildman–Crippen MR) is 70.6 cm³/mol. The molecule has 0 bridgehead atoms. The molecule has 3 atom stereocenters. The fourth-order valence-corrected chi connectivity index (χ4v) is 2.72. The first-order valence-corrected chi connectivity index (χ1v) is 6.86. The van der Waals surface area contributed by atoms with Crippen LogP contribution in [0.2, 0.25) is 0 Å². The van der Waals surface area contributed by atoms with Crippen LogP contribution < -0.4 is 0 Å². The summed E-state index contributed by atoms with van der Waals surface area (Å²) in [5.74, 6) is 1.44. The molecular formula is C15H23NO. The van der Waals surface area contributed by atoms with Crippen LogP contribution in [-0.4, -0.2) is 23.4 Å². The van der Waals surface area contributed by atoms with Gasteiger partial charge in [-0.3, -0.25) is 4.79 Å². The van der Waals surface area contributed by atoms with Gasteiger partial charge in [-0.1, -0.05) is 31.2 Å². The van der Waals surface area contributed by atoms with Crippen LogP contribution in [0.15, 0.2) is 24.3 Å². The molecule has 1 aliphatic heterocycles. The predicted octanol–water partition coefficient (Wildman–Crippen LogP) is 3.16. The highest BCUT2D eigenvalue weighted by atomic mass is 16.2. The summed E-state index contributed by atoms with van der Waals surface area (Å²) < 4.78 is 0. The third-order valence-corrected chi connectivity index (χ3v) is 3.92. The Morgan fingerprint density at radius 1 is 1.24 bits per heavy atom. The minimum Gasteiger partial charge on any atom is -0.336 e. The van der Waals surface area contributed by atoms with Crippen LogP contribution in [0.5, 0.6) is 0 Å². The lowest BCUT2D eigenvalue weighted by Gasteiger charge is -2.22. The first-order valence-electron chi connectivity index (χ1n) is 6.86. The molecule has 0 spiro atoms. The fraction of sp³-hybridized carbons (Fsp3) is 0.667. The van der Waals surface area contributed by atoms with Gasteiger partial charge in [0.2, 0.25) is 5.91 Å². The van der Waals surface area contributed by atoms with E-state index < -0.39 is 0 Å². The molecule has 1 saturated heterocycles. The van der Waals surface area contributed by atoms with E-state index in [1.807, 2.05) is 4.90 Å².